The summed E-state index contributed by atoms with van der Waals surface area (Å²) in [5.74, 6) is -0.673. The second-order valence-electron chi connectivity index (χ2n) is 3.48. The van der Waals surface area contributed by atoms with Gasteiger partial charge in [-0.25, -0.2) is 17.9 Å². The summed E-state index contributed by atoms with van der Waals surface area (Å²) in [5, 5.41) is 7.21. The summed E-state index contributed by atoms with van der Waals surface area (Å²) in [6.07, 6.45) is -1.56. The van der Waals surface area contributed by atoms with E-state index in [4.69, 9.17) is 5.14 Å². The van der Waals surface area contributed by atoms with E-state index >= 15 is 0 Å². The van der Waals surface area contributed by atoms with Crippen LogP contribution in [0.1, 0.15) is 11.7 Å². The van der Waals surface area contributed by atoms with Crippen molar-refractivity contribution in [1.29, 1.82) is 0 Å². The van der Waals surface area contributed by atoms with Crippen LogP contribution in [0.4, 0.5) is 4.39 Å². The number of fused-ring (bicyclic) bond motifs is 1. The van der Waals surface area contributed by atoms with E-state index in [9.17, 15) is 12.8 Å². The predicted molar refractivity (Wildman–Crippen MR) is 63.6 cm³/mol. The molecule has 0 saturated heterocycles. The number of halogens is 1. The molecule has 0 aliphatic heterocycles. The van der Waals surface area contributed by atoms with Gasteiger partial charge < -0.3 is 0 Å². The molecule has 1 heterocycles. The smallest absolute Gasteiger partial charge is 0.212 e. The average Bonchev–Trinajstić information content (AvgIpc) is 2.58. The number of rotatable bonds is 3. The molecule has 1 aromatic carbocycles. The van der Waals surface area contributed by atoms with Crippen LogP contribution in [0, 0.1) is 0 Å². The van der Waals surface area contributed by atoms with Crippen LogP contribution in [0.5, 0.6) is 0 Å². The largest absolute Gasteiger partial charge is 0.241 e. The van der Waals surface area contributed by atoms with Gasteiger partial charge in [0.2, 0.25) is 10.0 Å². The minimum atomic E-state index is -3.79. The molecule has 1 unspecified atom stereocenters. The monoisotopic (exact) mass is 259 g/mol. The standard InChI is InChI=1S/C10H10FNO2S2/c11-9(6-16(12,13)14)8-5-15-10-4-2-1-3-7(8)10/h1-5,9H,6H2,(H2,12,13,14). The molecular formula is C10H10FNO2S2. The lowest BCUT2D eigenvalue weighted by Gasteiger charge is -2.05. The number of sulfonamides is 1. The number of hydrogen-bond acceptors (Lipinski definition) is 3. The van der Waals surface area contributed by atoms with E-state index in [0.29, 0.717) is 5.56 Å². The summed E-state index contributed by atoms with van der Waals surface area (Å²) in [4.78, 5) is 0. The van der Waals surface area contributed by atoms with Crippen molar-refractivity contribution >= 4 is 31.4 Å². The number of thiophene rings is 1. The number of alkyl halides is 1. The first-order valence-corrected chi connectivity index (χ1v) is 7.17. The second-order valence-corrected chi connectivity index (χ2v) is 6.05. The van der Waals surface area contributed by atoms with Gasteiger partial charge in [0, 0.05) is 10.3 Å². The van der Waals surface area contributed by atoms with Gasteiger partial charge in [-0.3, -0.25) is 0 Å². The highest BCUT2D eigenvalue weighted by atomic mass is 32.2. The molecule has 0 fully saturated rings. The van der Waals surface area contributed by atoms with E-state index in [1.165, 1.54) is 11.3 Å². The molecular weight excluding hydrogens is 249 g/mol. The van der Waals surface area contributed by atoms with Gasteiger partial charge in [0.25, 0.3) is 0 Å². The van der Waals surface area contributed by atoms with Crippen LogP contribution in [0.15, 0.2) is 29.6 Å². The Morgan fingerprint density at radius 1 is 1.38 bits per heavy atom. The van der Waals surface area contributed by atoms with Crippen molar-refractivity contribution in [3.05, 3.63) is 35.2 Å². The summed E-state index contributed by atoms with van der Waals surface area (Å²) in [6, 6.07) is 7.29. The fraction of sp³-hybridized carbons (Fsp3) is 0.200. The van der Waals surface area contributed by atoms with E-state index in [2.05, 4.69) is 0 Å². The predicted octanol–water partition coefficient (Wildman–Crippen LogP) is 2.20. The number of nitrogens with two attached hydrogens (primary N) is 1. The van der Waals surface area contributed by atoms with Crippen molar-refractivity contribution in [2.45, 2.75) is 6.17 Å². The van der Waals surface area contributed by atoms with Crippen LogP contribution in [0.2, 0.25) is 0 Å². The van der Waals surface area contributed by atoms with Gasteiger partial charge in [0.15, 0.2) is 0 Å². The van der Waals surface area contributed by atoms with E-state index in [1.807, 2.05) is 12.1 Å². The Morgan fingerprint density at radius 3 is 2.75 bits per heavy atom. The number of benzene rings is 1. The molecule has 2 N–H and O–H groups in total. The van der Waals surface area contributed by atoms with Gasteiger partial charge in [-0.2, -0.15) is 0 Å². The lowest BCUT2D eigenvalue weighted by atomic mass is 10.1. The Kier molecular flexibility index (Phi) is 2.96. The van der Waals surface area contributed by atoms with E-state index < -0.39 is 21.9 Å². The number of primary sulfonamides is 1. The summed E-state index contributed by atoms with van der Waals surface area (Å²) in [5.41, 5.74) is 0.398. The molecule has 0 radical (unpaired) electrons. The molecule has 0 saturated carbocycles. The minimum Gasteiger partial charge on any atom is -0.241 e. The van der Waals surface area contributed by atoms with Gasteiger partial charge >= 0.3 is 0 Å². The first-order valence-electron chi connectivity index (χ1n) is 4.58. The van der Waals surface area contributed by atoms with Crippen LogP contribution in [0.3, 0.4) is 0 Å². The lowest BCUT2D eigenvalue weighted by molar-refractivity contribution is 0.377. The highest BCUT2D eigenvalue weighted by Gasteiger charge is 2.19. The quantitative estimate of drug-likeness (QED) is 0.918. The Hall–Kier alpha value is -0.980. The summed E-state index contributed by atoms with van der Waals surface area (Å²) in [7, 11) is -3.79. The first kappa shape index (κ1) is 11.5. The lowest BCUT2D eigenvalue weighted by Crippen LogP contribution is -2.19. The highest BCUT2D eigenvalue weighted by molar-refractivity contribution is 7.89. The Labute approximate surface area is 96.7 Å². The zero-order chi connectivity index (χ0) is 11.8. The molecule has 86 valence electrons. The van der Waals surface area contributed by atoms with Crippen molar-refractivity contribution in [3.8, 4) is 0 Å². The van der Waals surface area contributed by atoms with Crippen molar-refractivity contribution in [2.24, 2.45) is 5.14 Å². The Balaban J connectivity index is 2.40. The molecule has 16 heavy (non-hydrogen) atoms. The van der Waals surface area contributed by atoms with E-state index in [1.54, 1.807) is 17.5 Å². The maximum atomic E-state index is 13.7. The summed E-state index contributed by atoms with van der Waals surface area (Å²) in [6.45, 7) is 0. The summed E-state index contributed by atoms with van der Waals surface area (Å²) < 4.78 is 36.3. The maximum absolute atomic E-state index is 13.7. The number of hydrogen-bond donors (Lipinski definition) is 1. The molecule has 0 bridgehead atoms. The molecule has 1 aromatic heterocycles. The van der Waals surface area contributed by atoms with Crippen molar-refractivity contribution in [3.63, 3.8) is 0 Å². The van der Waals surface area contributed by atoms with Gasteiger partial charge in [-0.1, -0.05) is 18.2 Å². The Morgan fingerprint density at radius 2 is 2.06 bits per heavy atom. The van der Waals surface area contributed by atoms with Gasteiger partial charge in [0.1, 0.15) is 6.17 Å². The Bertz CT molecular complexity index is 606. The second kappa shape index (κ2) is 4.12. The van der Waals surface area contributed by atoms with Gasteiger partial charge in [0.05, 0.1) is 5.75 Å². The third-order valence-corrected chi connectivity index (χ3v) is 3.97. The molecule has 0 aliphatic rings. The van der Waals surface area contributed by atoms with Crippen LogP contribution < -0.4 is 5.14 Å². The fourth-order valence-corrected chi connectivity index (χ4v) is 3.12. The average molecular weight is 259 g/mol. The molecule has 2 rings (SSSR count). The molecule has 0 aliphatic carbocycles. The summed E-state index contributed by atoms with van der Waals surface area (Å²) >= 11 is 1.39. The normalized spacial score (nSPS) is 14.1. The van der Waals surface area contributed by atoms with Crippen LogP contribution in [-0.4, -0.2) is 14.2 Å². The van der Waals surface area contributed by atoms with Crippen LogP contribution >= 0.6 is 11.3 Å². The zero-order valence-corrected chi connectivity index (χ0v) is 9.89. The van der Waals surface area contributed by atoms with Gasteiger partial charge in [-0.05, 0) is 16.8 Å². The molecule has 0 spiro atoms. The maximum Gasteiger partial charge on any atom is 0.212 e. The fourth-order valence-electron chi connectivity index (χ4n) is 1.53. The topological polar surface area (TPSA) is 60.2 Å². The third-order valence-electron chi connectivity index (χ3n) is 2.23. The van der Waals surface area contributed by atoms with E-state index in [-0.39, 0.29) is 0 Å². The zero-order valence-electron chi connectivity index (χ0n) is 8.26. The SMILES string of the molecule is NS(=O)(=O)CC(F)c1csc2ccccc12. The first-order chi connectivity index (χ1) is 7.47. The van der Waals surface area contributed by atoms with Crippen molar-refractivity contribution < 1.29 is 12.8 Å². The third kappa shape index (κ3) is 2.40. The van der Waals surface area contributed by atoms with Crippen LogP contribution in [-0.2, 0) is 10.0 Å². The highest BCUT2D eigenvalue weighted by Crippen LogP contribution is 2.32. The van der Waals surface area contributed by atoms with E-state index in [0.717, 1.165) is 10.1 Å². The minimum absolute atomic E-state index is 0.398. The molecule has 1 atom stereocenters. The van der Waals surface area contributed by atoms with Crippen molar-refractivity contribution in [2.75, 3.05) is 5.75 Å². The molecule has 0 amide bonds. The molecule has 6 heteroatoms. The van der Waals surface area contributed by atoms with Crippen molar-refractivity contribution in [1.82, 2.24) is 0 Å². The molecule has 2 aromatic rings. The molecule has 3 nitrogen and oxygen atoms in total. The van der Waals surface area contributed by atoms with Crippen LogP contribution in [0.25, 0.3) is 10.1 Å². The van der Waals surface area contributed by atoms with Gasteiger partial charge in [-0.15, -0.1) is 11.3 Å².